The zero-order valence-electron chi connectivity index (χ0n) is 16.4. The van der Waals surface area contributed by atoms with Crippen LogP contribution in [0.4, 0.5) is 0 Å². The number of nitrogens with zero attached hydrogens (tertiary/aromatic N) is 4. The fourth-order valence-electron chi connectivity index (χ4n) is 3.79. The smallest absolute Gasteiger partial charge is 0.262 e. The summed E-state index contributed by atoms with van der Waals surface area (Å²) in [5.74, 6) is 0.0262. The Morgan fingerprint density at radius 1 is 1.14 bits per heavy atom. The maximum Gasteiger partial charge on any atom is 0.262 e. The summed E-state index contributed by atoms with van der Waals surface area (Å²) < 4.78 is 5.97. The van der Waals surface area contributed by atoms with Gasteiger partial charge < -0.3 is 9.64 Å². The maximum atomic E-state index is 12.8. The third-order valence-corrected chi connectivity index (χ3v) is 5.13. The lowest BCUT2D eigenvalue weighted by atomic mass is 10.1. The van der Waals surface area contributed by atoms with Crippen molar-refractivity contribution in [1.82, 2.24) is 19.8 Å². The quantitative estimate of drug-likeness (QED) is 0.734. The van der Waals surface area contributed by atoms with Crippen LogP contribution in [0.5, 0.6) is 5.88 Å². The molecular formula is C21H22N4O4. The molecule has 1 aromatic heterocycles. The van der Waals surface area contributed by atoms with Crippen LogP contribution in [-0.2, 0) is 4.79 Å². The van der Waals surface area contributed by atoms with Crippen molar-refractivity contribution in [1.29, 1.82) is 0 Å². The number of imide groups is 1. The minimum Gasteiger partial charge on any atom is -0.472 e. The Labute approximate surface area is 168 Å². The van der Waals surface area contributed by atoms with E-state index in [4.69, 9.17) is 4.74 Å². The van der Waals surface area contributed by atoms with E-state index in [0.717, 1.165) is 23.4 Å². The van der Waals surface area contributed by atoms with E-state index in [-0.39, 0.29) is 18.6 Å². The first-order valence-electron chi connectivity index (χ1n) is 9.64. The second kappa shape index (κ2) is 7.62. The third kappa shape index (κ3) is 3.83. The summed E-state index contributed by atoms with van der Waals surface area (Å²) in [5.41, 5.74) is 1.51. The van der Waals surface area contributed by atoms with Crippen LogP contribution in [0.15, 0.2) is 30.3 Å². The van der Waals surface area contributed by atoms with E-state index < -0.39 is 11.8 Å². The predicted molar refractivity (Wildman–Crippen MR) is 104 cm³/mol. The molecular weight excluding hydrogens is 372 g/mol. The van der Waals surface area contributed by atoms with E-state index in [1.165, 1.54) is 0 Å². The molecule has 4 rings (SSSR count). The number of rotatable bonds is 4. The Morgan fingerprint density at radius 2 is 1.83 bits per heavy atom. The lowest BCUT2D eigenvalue weighted by Gasteiger charge is -2.33. The summed E-state index contributed by atoms with van der Waals surface area (Å²) in [6.45, 7) is 4.39. The molecule has 1 aromatic carbocycles. The summed E-state index contributed by atoms with van der Waals surface area (Å²) >= 11 is 0. The van der Waals surface area contributed by atoms with Gasteiger partial charge in [-0.2, -0.15) is 4.98 Å². The molecule has 3 amide bonds. The number of carbonyl (C=O) groups is 3. The van der Waals surface area contributed by atoms with E-state index in [1.54, 1.807) is 42.2 Å². The van der Waals surface area contributed by atoms with Gasteiger partial charge in [0.25, 0.3) is 11.8 Å². The van der Waals surface area contributed by atoms with Gasteiger partial charge in [-0.15, -0.1) is 0 Å². The van der Waals surface area contributed by atoms with Crippen LogP contribution in [0, 0.1) is 13.8 Å². The third-order valence-electron chi connectivity index (χ3n) is 5.13. The molecule has 8 nitrogen and oxygen atoms in total. The summed E-state index contributed by atoms with van der Waals surface area (Å²) in [5, 5.41) is 0. The minimum absolute atomic E-state index is 0.191. The summed E-state index contributed by atoms with van der Waals surface area (Å²) in [7, 11) is 0. The molecule has 2 aliphatic heterocycles. The Balaban J connectivity index is 1.40. The standard InChI is InChI=1S/C21H22N4O4/c1-13-10-18(23-14(2)22-13)29-15-6-5-9-24(11-15)19(26)12-25-20(27)16-7-3-4-8-17(16)21(25)28/h3-4,7-8,10,15H,5-6,9,11-12H2,1-2H3. The van der Waals surface area contributed by atoms with E-state index in [0.29, 0.717) is 35.9 Å². The maximum absolute atomic E-state index is 12.8. The van der Waals surface area contributed by atoms with E-state index in [2.05, 4.69) is 9.97 Å². The van der Waals surface area contributed by atoms with Gasteiger partial charge in [0.05, 0.1) is 17.7 Å². The first-order valence-corrected chi connectivity index (χ1v) is 9.64. The fourth-order valence-corrected chi connectivity index (χ4v) is 3.79. The molecule has 1 unspecified atom stereocenters. The number of hydrogen-bond donors (Lipinski definition) is 0. The number of benzene rings is 1. The lowest BCUT2D eigenvalue weighted by Crippen LogP contribution is -2.49. The number of likely N-dealkylation sites (tertiary alicyclic amines) is 1. The van der Waals surface area contributed by atoms with Gasteiger partial charge >= 0.3 is 0 Å². The van der Waals surface area contributed by atoms with Crippen molar-refractivity contribution in [2.45, 2.75) is 32.8 Å². The van der Waals surface area contributed by atoms with Crippen LogP contribution < -0.4 is 4.74 Å². The van der Waals surface area contributed by atoms with Gasteiger partial charge in [-0.3, -0.25) is 19.3 Å². The normalized spacial score (nSPS) is 18.8. The van der Waals surface area contributed by atoms with Crippen molar-refractivity contribution in [2.75, 3.05) is 19.6 Å². The van der Waals surface area contributed by atoms with Crippen molar-refractivity contribution in [2.24, 2.45) is 0 Å². The molecule has 0 bridgehead atoms. The zero-order valence-corrected chi connectivity index (χ0v) is 16.4. The zero-order chi connectivity index (χ0) is 20.5. The topological polar surface area (TPSA) is 92.7 Å². The molecule has 8 heteroatoms. The van der Waals surface area contributed by atoms with Gasteiger partial charge in [0, 0.05) is 18.3 Å². The van der Waals surface area contributed by atoms with E-state index in [1.807, 2.05) is 6.92 Å². The van der Waals surface area contributed by atoms with Gasteiger partial charge in [0.15, 0.2) is 0 Å². The minimum atomic E-state index is -0.421. The van der Waals surface area contributed by atoms with Crippen LogP contribution >= 0.6 is 0 Å². The molecule has 1 saturated heterocycles. The Morgan fingerprint density at radius 3 is 2.48 bits per heavy atom. The van der Waals surface area contributed by atoms with Crippen molar-refractivity contribution < 1.29 is 19.1 Å². The molecule has 0 radical (unpaired) electrons. The molecule has 0 aliphatic carbocycles. The highest BCUT2D eigenvalue weighted by atomic mass is 16.5. The molecule has 29 heavy (non-hydrogen) atoms. The molecule has 3 heterocycles. The Hall–Kier alpha value is -3.29. The molecule has 2 aromatic rings. The average molecular weight is 394 g/mol. The number of piperidine rings is 1. The molecule has 0 saturated carbocycles. The van der Waals surface area contributed by atoms with Crippen LogP contribution in [-0.4, -0.2) is 63.2 Å². The van der Waals surface area contributed by atoms with Gasteiger partial charge in [0.1, 0.15) is 18.5 Å². The van der Waals surface area contributed by atoms with Crippen LogP contribution in [0.2, 0.25) is 0 Å². The van der Waals surface area contributed by atoms with Crippen molar-refractivity contribution in [3.8, 4) is 5.88 Å². The summed E-state index contributed by atoms with van der Waals surface area (Å²) in [6, 6.07) is 8.40. The Kier molecular flexibility index (Phi) is 5.00. The van der Waals surface area contributed by atoms with Crippen molar-refractivity contribution in [3.63, 3.8) is 0 Å². The number of ether oxygens (including phenoxy) is 1. The molecule has 0 N–H and O–H groups in total. The highest BCUT2D eigenvalue weighted by Gasteiger charge is 2.37. The van der Waals surface area contributed by atoms with Gasteiger partial charge in [-0.05, 0) is 38.8 Å². The number of hydrogen-bond acceptors (Lipinski definition) is 6. The van der Waals surface area contributed by atoms with Gasteiger partial charge in [-0.25, -0.2) is 4.98 Å². The van der Waals surface area contributed by atoms with Gasteiger partial charge in [0.2, 0.25) is 11.8 Å². The number of amides is 3. The molecule has 150 valence electrons. The monoisotopic (exact) mass is 394 g/mol. The summed E-state index contributed by atoms with van der Waals surface area (Å²) in [4.78, 5) is 49.0. The molecule has 1 atom stereocenters. The number of carbonyl (C=O) groups excluding carboxylic acids is 3. The average Bonchev–Trinajstić information content (AvgIpc) is 2.92. The lowest BCUT2D eigenvalue weighted by molar-refractivity contribution is -0.134. The fraction of sp³-hybridized carbons (Fsp3) is 0.381. The van der Waals surface area contributed by atoms with Crippen LogP contribution in [0.3, 0.4) is 0 Å². The van der Waals surface area contributed by atoms with E-state index >= 15 is 0 Å². The second-order valence-corrected chi connectivity index (χ2v) is 7.36. The largest absolute Gasteiger partial charge is 0.472 e. The molecule has 1 fully saturated rings. The van der Waals surface area contributed by atoms with Crippen LogP contribution in [0.25, 0.3) is 0 Å². The predicted octanol–water partition coefficient (Wildman–Crippen LogP) is 1.76. The highest BCUT2D eigenvalue weighted by Crippen LogP contribution is 2.23. The number of fused-ring (bicyclic) bond motifs is 1. The number of aromatic nitrogens is 2. The van der Waals surface area contributed by atoms with E-state index in [9.17, 15) is 14.4 Å². The SMILES string of the molecule is Cc1cc(OC2CCCN(C(=O)CN3C(=O)c4ccccc4C3=O)C2)nc(C)n1. The Bertz CT molecular complexity index is 935. The number of aryl methyl sites for hydroxylation is 2. The van der Waals surface area contributed by atoms with Crippen molar-refractivity contribution >= 4 is 17.7 Å². The second-order valence-electron chi connectivity index (χ2n) is 7.36. The molecule has 2 aliphatic rings. The first-order chi connectivity index (χ1) is 13.9. The van der Waals surface area contributed by atoms with Crippen molar-refractivity contribution in [3.05, 3.63) is 53.0 Å². The van der Waals surface area contributed by atoms with Gasteiger partial charge in [-0.1, -0.05) is 12.1 Å². The molecule has 0 spiro atoms. The highest BCUT2D eigenvalue weighted by molar-refractivity contribution is 6.22. The summed E-state index contributed by atoms with van der Waals surface area (Å²) in [6.07, 6.45) is 1.39. The van der Waals surface area contributed by atoms with Crippen LogP contribution in [0.1, 0.15) is 45.1 Å². The first kappa shape index (κ1) is 19.0.